The van der Waals surface area contributed by atoms with Gasteiger partial charge in [0.1, 0.15) is 0 Å². The van der Waals surface area contributed by atoms with E-state index in [1.807, 2.05) is 12.1 Å². The Hall–Kier alpha value is -1.82. The van der Waals surface area contributed by atoms with Gasteiger partial charge in [-0.25, -0.2) is 0 Å². The number of benzene rings is 1. The number of carbonyl (C=O) groups is 1. The summed E-state index contributed by atoms with van der Waals surface area (Å²) in [6.45, 7) is 9.04. The van der Waals surface area contributed by atoms with Crippen molar-refractivity contribution in [2.45, 2.75) is 44.6 Å². The van der Waals surface area contributed by atoms with Crippen LogP contribution in [0.4, 0.5) is 0 Å². The molecule has 2 rings (SSSR count). The minimum Gasteiger partial charge on any atom is -0.348 e. The van der Waals surface area contributed by atoms with Crippen LogP contribution < -0.4 is 0 Å². The summed E-state index contributed by atoms with van der Waals surface area (Å²) >= 11 is 1.50. The summed E-state index contributed by atoms with van der Waals surface area (Å²) in [7, 11) is 3.59. The number of nitrogens with zero attached hydrogens (tertiary/aromatic N) is 4. The van der Waals surface area contributed by atoms with E-state index in [2.05, 4.69) is 54.6 Å². The molecule has 2 aromatic rings. The molecular formula is C18H26N4OS. The number of aromatic nitrogens is 3. The van der Waals surface area contributed by atoms with E-state index >= 15 is 0 Å². The number of aryl methyl sites for hydroxylation is 1. The van der Waals surface area contributed by atoms with E-state index in [0.29, 0.717) is 0 Å². The summed E-state index contributed by atoms with van der Waals surface area (Å²) in [6.07, 6.45) is 0. The summed E-state index contributed by atoms with van der Waals surface area (Å²) in [5.41, 5.74) is 2.25. The molecule has 6 heteroatoms. The fourth-order valence-electron chi connectivity index (χ4n) is 2.52. The lowest BCUT2D eigenvalue weighted by molar-refractivity contribution is -0.128. The van der Waals surface area contributed by atoms with Crippen molar-refractivity contribution in [2.24, 2.45) is 5.92 Å². The van der Waals surface area contributed by atoms with Crippen LogP contribution >= 0.6 is 11.8 Å². The van der Waals surface area contributed by atoms with Gasteiger partial charge < -0.3 is 9.47 Å². The van der Waals surface area contributed by atoms with Gasteiger partial charge in [0.15, 0.2) is 11.0 Å². The van der Waals surface area contributed by atoms with Crippen LogP contribution in [0.25, 0.3) is 11.4 Å². The van der Waals surface area contributed by atoms with Crippen LogP contribution in [0.2, 0.25) is 0 Å². The highest BCUT2D eigenvalue weighted by Gasteiger charge is 2.28. The number of thioether (sulfide) groups is 1. The van der Waals surface area contributed by atoms with Gasteiger partial charge in [0.25, 0.3) is 0 Å². The van der Waals surface area contributed by atoms with Crippen molar-refractivity contribution in [3.8, 4) is 11.4 Å². The molecule has 0 aliphatic rings. The van der Waals surface area contributed by atoms with E-state index in [0.717, 1.165) is 23.1 Å². The first-order chi connectivity index (χ1) is 11.4. The van der Waals surface area contributed by atoms with Gasteiger partial charge in [-0.05, 0) is 25.3 Å². The molecule has 0 N–H and O–H groups in total. The molecule has 5 nitrogen and oxygen atoms in total. The van der Waals surface area contributed by atoms with E-state index in [-0.39, 0.29) is 17.1 Å². The molecule has 0 spiro atoms. The molecule has 0 fully saturated rings. The Bertz CT molecular complexity index is 709. The zero-order valence-corrected chi connectivity index (χ0v) is 16.1. The minimum atomic E-state index is -0.167. The average molecular weight is 347 g/mol. The SMILES string of the molecule is CCn1c(S[C@@H](C(=O)N(C)C)C(C)C)nnc1-c1ccccc1C. The third-order valence-corrected chi connectivity index (χ3v) is 5.45. The summed E-state index contributed by atoms with van der Waals surface area (Å²) in [4.78, 5) is 14.1. The number of hydrogen-bond donors (Lipinski definition) is 0. The second kappa shape index (κ2) is 7.83. The lowest BCUT2D eigenvalue weighted by Gasteiger charge is -2.22. The molecule has 0 aliphatic heterocycles. The van der Waals surface area contributed by atoms with Crippen LogP contribution in [0.3, 0.4) is 0 Å². The van der Waals surface area contributed by atoms with Crippen molar-refractivity contribution < 1.29 is 4.79 Å². The standard InChI is InChI=1S/C18H26N4OS/c1-7-22-16(14-11-9-8-10-13(14)4)19-20-18(22)24-15(12(2)3)17(23)21(5)6/h8-12,15H,7H2,1-6H3/t15-/m1/s1. The third kappa shape index (κ3) is 3.80. The largest absolute Gasteiger partial charge is 0.348 e. The predicted octanol–water partition coefficient (Wildman–Crippen LogP) is 3.48. The molecule has 1 aromatic heterocycles. The Kier molecular flexibility index (Phi) is 6.04. The quantitative estimate of drug-likeness (QED) is 0.752. The van der Waals surface area contributed by atoms with Gasteiger partial charge in [-0.15, -0.1) is 10.2 Å². The molecule has 130 valence electrons. The molecular weight excluding hydrogens is 320 g/mol. The van der Waals surface area contributed by atoms with Crippen LogP contribution in [0.1, 0.15) is 26.3 Å². The lowest BCUT2D eigenvalue weighted by Crippen LogP contribution is -2.35. The summed E-state index contributed by atoms with van der Waals surface area (Å²) in [5.74, 6) is 1.19. The van der Waals surface area contributed by atoms with E-state index in [4.69, 9.17) is 0 Å². The Morgan fingerprint density at radius 3 is 2.46 bits per heavy atom. The highest BCUT2D eigenvalue weighted by Crippen LogP contribution is 2.31. The Morgan fingerprint density at radius 2 is 1.92 bits per heavy atom. The normalized spacial score (nSPS) is 12.5. The monoisotopic (exact) mass is 346 g/mol. The maximum atomic E-state index is 12.5. The van der Waals surface area contributed by atoms with Crippen molar-refractivity contribution in [1.29, 1.82) is 0 Å². The van der Waals surface area contributed by atoms with Gasteiger partial charge in [0.2, 0.25) is 5.91 Å². The molecule has 0 bridgehead atoms. The molecule has 1 amide bonds. The number of amides is 1. The Labute approximate surface area is 148 Å². The molecule has 0 unspecified atom stereocenters. The van der Waals surface area contributed by atoms with Gasteiger partial charge in [-0.2, -0.15) is 0 Å². The Balaban J connectivity index is 2.39. The van der Waals surface area contributed by atoms with E-state index in [1.165, 1.54) is 17.3 Å². The van der Waals surface area contributed by atoms with Crippen molar-refractivity contribution in [3.63, 3.8) is 0 Å². The van der Waals surface area contributed by atoms with Crippen LogP contribution in [-0.4, -0.2) is 44.9 Å². The molecule has 1 heterocycles. The maximum absolute atomic E-state index is 12.5. The highest BCUT2D eigenvalue weighted by molar-refractivity contribution is 8.00. The average Bonchev–Trinajstić information content (AvgIpc) is 2.94. The van der Waals surface area contributed by atoms with Crippen LogP contribution in [0.5, 0.6) is 0 Å². The fourth-order valence-corrected chi connectivity index (χ4v) is 3.77. The number of rotatable bonds is 6. The van der Waals surface area contributed by atoms with Gasteiger partial charge in [0, 0.05) is 26.2 Å². The maximum Gasteiger partial charge on any atom is 0.235 e. The topological polar surface area (TPSA) is 51.0 Å². The molecule has 0 saturated heterocycles. The van der Waals surface area contributed by atoms with E-state index in [1.54, 1.807) is 19.0 Å². The number of carbonyl (C=O) groups excluding carboxylic acids is 1. The smallest absolute Gasteiger partial charge is 0.235 e. The molecule has 0 saturated carbocycles. The zero-order chi connectivity index (χ0) is 17.9. The fraction of sp³-hybridized carbons (Fsp3) is 0.500. The van der Waals surface area contributed by atoms with Crippen molar-refractivity contribution >= 4 is 17.7 Å². The van der Waals surface area contributed by atoms with Gasteiger partial charge in [0.05, 0.1) is 5.25 Å². The van der Waals surface area contributed by atoms with Crippen LogP contribution in [-0.2, 0) is 11.3 Å². The molecule has 0 aliphatic carbocycles. The lowest BCUT2D eigenvalue weighted by atomic mass is 10.1. The van der Waals surface area contributed by atoms with Crippen LogP contribution in [0, 0.1) is 12.8 Å². The second-order valence-corrected chi connectivity index (χ2v) is 7.49. The van der Waals surface area contributed by atoms with Crippen LogP contribution in [0.15, 0.2) is 29.4 Å². The van der Waals surface area contributed by atoms with E-state index in [9.17, 15) is 4.79 Å². The third-order valence-electron chi connectivity index (χ3n) is 3.94. The van der Waals surface area contributed by atoms with Gasteiger partial charge >= 0.3 is 0 Å². The van der Waals surface area contributed by atoms with Crippen molar-refractivity contribution in [2.75, 3.05) is 14.1 Å². The molecule has 24 heavy (non-hydrogen) atoms. The first-order valence-corrected chi connectivity index (χ1v) is 9.11. The summed E-state index contributed by atoms with van der Waals surface area (Å²) in [5, 5.41) is 9.40. The molecule has 0 radical (unpaired) electrons. The van der Waals surface area contributed by atoms with Crippen molar-refractivity contribution in [1.82, 2.24) is 19.7 Å². The van der Waals surface area contributed by atoms with Gasteiger partial charge in [-0.1, -0.05) is 49.9 Å². The predicted molar refractivity (Wildman–Crippen MR) is 99.0 cm³/mol. The summed E-state index contributed by atoms with van der Waals surface area (Å²) in [6, 6.07) is 8.16. The van der Waals surface area contributed by atoms with E-state index < -0.39 is 0 Å². The molecule has 1 aromatic carbocycles. The highest BCUT2D eigenvalue weighted by atomic mass is 32.2. The zero-order valence-electron chi connectivity index (χ0n) is 15.3. The number of hydrogen-bond acceptors (Lipinski definition) is 4. The van der Waals surface area contributed by atoms with Gasteiger partial charge in [-0.3, -0.25) is 4.79 Å². The first-order valence-electron chi connectivity index (χ1n) is 8.23. The molecule has 1 atom stereocenters. The second-order valence-electron chi connectivity index (χ2n) is 6.38. The first kappa shape index (κ1) is 18.5. The summed E-state index contributed by atoms with van der Waals surface area (Å²) < 4.78 is 2.09. The Morgan fingerprint density at radius 1 is 1.25 bits per heavy atom. The minimum absolute atomic E-state index is 0.109. The van der Waals surface area contributed by atoms with Crippen molar-refractivity contribution in [3.05, 3.63) is 29.8 Å².